The second-order valence-corrected chi connectivity index (χ2v) is 5.82. The topological polar surface area (TPSA) is 15.3 Å². The van der Waals surface area contributed by atoms with Crippen molar-refractivity contribution in [1.82, 2.24) is 10.2 Å². The molecule has 1 aromatic carbocycles. The zero-order chi connectivity index (χ0) is 12.5. The van der Waals surface area contributed by atoms with E-state index in [2.05, 4.69) is 10.2 Å². The van der Waals surface area contributed by atoms with Crippen LogP contribution < -0.4 is 5.32 Å². The van der Waals surface area contributed by atoms with Crippen molar-refractivity contribution in [2.75, 3.05) is 13.1 Å². The number of nitrogens with zero attached hydrogens (tertiary/aromatic N) is 1. The molecule has 4 heteroatoms. The van der Waals surface area contributed by atoms with E-state index in [9.17, 15) is 4.39 Å². The minimum atomic E-state index is -0.316. The molecule has 2 fully saturated rings. The van der Waals surface area contributed by atoms with Gasteiger partial charge in [0.15, 0.2) is 0 Å². The van der Waals surface area contributed by atoms with Crippen LogP contribution in [0.5, 0.6) is 0 Å². The number of hydrogen-bond donors (Lipinski definition) is 1. The van der Waals surface area contributed by atoms with Crippen molar-refractivity contribution < 1.29 is 4.39 Å². The van der Waals surface area contributed by atoms with Gasteiger partial charge in [-0.1, -0.05) is 17.7 Å². The molecule has 2 aliphatic heterocycles. The molecule has 2 nitrogen and oxygen atoms in total. The first kappa shape index (κ1) is 12.4. The van der Waals surface area contributed by atoms with Crippen molar-refractivity contribution in [2.24, 2.45) is 0 Å². The van der Waals surface area contributed by atoms with Crippen molar-refractivity contribution in [1.29, 1.82) is 0 Å². The Kier molecular flexibility index (Phi) is 3.55. The Bertz CT molecular complexity index is 438. The van der Waals surface area contributed by atoms with E-state index in [1.807, 2.05) is 6.07 Å². The van der Waals surface area contributed by atoms with E-state index in [1.165, 1.54) is 19.3 Å². The molecule has 3 rings (SSSR count). The van der Waals surface area contributed by atoms with Gasteiger partial charge in [0.25, 0.3) is 0 Å². The second-order valence-electron chi connectivity index (χ2n) is 5.41. The molecule has 0 aliphatic carbocycles. The number of fused-ring (bicyclic) bond motifs is 2. The fraction of sp³-hybridized carbons (Fsp3) is 0.571. The Balaban J connectivity index is 1.66. The SMILES string of the molecule is Fc1cc(CN2CCC3CCC(C2)N3)ccc1Cl. The average molecular weight is 269 g/mol. The molecule has 1 N–H and O–H groups in total. The smallest absolute Gasteiger partial charge is 0.142 e. The molecule has 2 saturated heterocycles. The lowest BCUT2D eigenvalue weighted by molar-refractivity contribution is 0.250. The molecule has 2 aliphatic rings. The second kappa shape index (κ2) is 5.16. The molecule has 98 valence electrons. The lowest BCUT2D eigenvalue weighted by Gasteiger charge is -2.24. The highest BCUT2D eigenvalue weighted by atomic mass is 35.5. The van der Waals surface area contributed by atoms with E-state index >= 15 is 0 Å². The fourth-order valence-corrected chi connectivity index (χ4v) is 3.17. The summed E-state index contributed by atoms with van der Waals surface area (Å²) < 4.78 is 13.4. The Labute approximate surface area is 112 Å². The predicted molar refractivity (Wildman–Crippen MR) is 71.2 cm³/mol. The van der Waals surface area contributed by atoms with Crippen molar-refractivity contribution >= 4 is 11.6 Å². The molecule has 0 aromatic heterocycles. The van der Waals surface area contributed by atoms with Crippen molar-refractivity contribution in [2.45, 2.75) is 37.9 Å². The molecule has 2 heterocycles. The van der Waals surface area contributed by atoms with Crippen LogP contribution >= 0.6 is 11.6 Å². The van der Waals surface area contributed by atoms with E-state index in [0.717, 1.165) is 25.2 Å². The highest BCUT2D eigenvalue weighted by Crippen LogP contribution is 2.22. The summed E-state index contributed by atoms with van der Waals surface area (Å²) >= 11 is 5.70. The summed E-state index contributed by atoms with van der Waals surface area (Å²) in [6.07, 6.45) is 3.79. The fourth-order valence-electron chi connectivity index (χ4n) is 3.06. The standard InChI is InChI=1S/C14H18ClFN2/c15-13-4-1-10(7-14(13)16)8-18-6-5-11-2-3-12(9-18)17-11/h1,4,7,11-12,17H,2-3,5-6,8-9H2. The number of rotatable bonds is 2. The third-order valence-corrected chi connectivity index (χ3v) is 4.30. The summed E-state index contributed by atoms with van der Waals surface area (Å²) in [5.74, 6) is -0.316. The first-order valence-electron chi connectivity index (χ1n) is 6.63. The quantitative estimate of drug-likeness (QED) is 0.887. The summed E-state index contributed by atoms with van der Waals surface area (Å²) in [7, 11) is 0. The zero-order valence-corrected chi connectivity index (χ0v) is 11.1. The van der Waals surface area contributed by atoms with Gasteiger partial charge >= 0.3 is 0 Å². The molecule has 0 spiro atoms. The molecule has 2 unspecified atom stereocenters. The minimum absolute atomic E-state index is 0.204. The average Bonchev–Trinajstić information content (AvgIpc) is 2.68. The Morgan fingerprint density at radius 2 is 2.11 bits per heavy atom. The Morgan fingerprint density at radius 3 is 2.94 bits per heavy atom. The van der Waals surface area contributed by atoms with Gasteiger partial charge < -0.3 is 5.32 Å². The maximum absolute atomic E-state index is 13.4. The zero-order valence-electron chi connectivity index (χ0n) is 10.3. The summed E-state index contributed by atoms with van der Waals surface area (Å²) in [6, 6.07) is 6.44. The number of hydrogen-bond acceptors (Lipinski definition) is 2. The first-order valence-corrected chi connectivity index (χ1v) is 7.01. The Morgan fingerprint density at radius 1 is 1.28 bits per heavy atom. The summed E-state index contributed by atoms with van der Waals surface area (Å²) in [4.78, 5) is 2.42. The van der Waals surface area contributed by atoms with Gasteiger partial charge in [-0.25, -0.2) is 4.39 Å². The van der Waals surface area contributed by atoms with Crippen LogP contribution in [-0.4, -0.2) is 30.1 Å². The first-order chi connectivity index (χ1) is 8.70. The lowest BCUT2D eigenvalue weighted by Crippen LogP contribution is -2.34. The monoisotopic (exact) mass is 268 g/mol. The van der Waals surface area contributed by atoms with Gasteiger partial charge in [-0.3, -0.25) is 4.90 Å². The molecule has 0 radical (unpaired) electrons. The van der Waals surface area contributed by atoms with Crippen LogP contribution in [0.2, 0.25) is 5.02 Å². The van der Waals surface area contributed by atoms with Crippen LogP contribution in [0.15, 0.2) is 18.2 Å². The highest BCUT2D eigenvalue weighted by molar-refractivity contribution is 6.30. The van der Waals surface area contributed by atoms with E-state index in [1.54, 1.807) is 12.1 Å². The van der Waals surface area contributed by atoms with Gasteiger partial charge in [0.05, 0.1) is 5.02 Å². The predicted octanol–water partition coefficient (Wildman–Crippen LogP) is 2.81. The Hall–Kier alpha value is -0.640. The van der Waals surface area contributed by atoms with Crippen molar-refractivity contribution in [3.63, 3.8) is 0 Å². The maximum Gasteiger partial charge on any atom is 0.142 e. The number of nitrogens with one attached hydrogen (secondary N) is 1. The largest absolute Gasteiger partial charge is 0.310 e. The third-order valence-electron chi connectivity index (χ3n) is 4.00. The highest BCUT2D eigenvalue weighted by Gasteiger charge is 2.29. The minimum Gasteiger partial charge on any atom is -0.310 e. The van der Waals surface area contributed by atoms with Gasteiger partial charge in [-0.2, -0.15) is 0 Å². The van der Waals surface area contributed by atoms with Crippen LogP contribution in [0.3, 0.4) is 0 Å². The summed E-state index contributed by atoms with van der Waals surface area (Å²) in [5, 5.41) is 3.86. The van der Waals surface area contributed by atoms with Gasteiger partial charge in [0.2, 0.25) is 0 Å². The number of likely N-dealkylation sites (tertiary alicyclic amines) is 1. The normalized spacial score (nSPS) is 28.3. The van der Waals surface area contributed by atoms with E-state index in [-0.39, 0.29) is 10.8 Å². The molecule has 2 atom stereocenters. The van der Waals surface area contributed by atoms with Gasteiger partial charge in [0, 0.05) is 31.7 Å². The van der Waals surface area contributed by atoms with Crippen LogP contribution in [0, 0.1) is 5.82 Å². The third kappa shape index (κ3) is 2.68. The van der Waals surface area contributed by atoms with Crippen molar-refractivity contribution in [3.05, 3.63) is 34.6 Å². The number of benzene rings is 1. The van der Waals surface area contributed by atoms with Gasteiger partial charge in [-0.15, -0.1) is 0 Å². The molecular formula is C14H18ClFN2. The molecular weight excluding hydrogens is 251 g/mol. The van der Waals surface area contributed by atoms with E-state index < -0.39 is 0 Å². The molecule has 18 heavy (non-hydrogen) atoms. The summed E-state index contributed by atoms with van der Waals surface area (Å²) in [5.41, 5.74) is 1.01. The van der Waals surface area contributed by atoms with Gasteiger partial charge in [-0.05, 0) is 37.0 Å². The van der Waals surface area contributed by atoms with Crippen LogP contribution in [0.1, 0.15) is 24.8 Å². The van der Waals surface area contributed by atoms with E-state index in [0.29, 0.717) is 12.1 Å². The molecule has 2 bridgehead atoms. The van der Waals surface area contributed by atoms with Crippen LogP contribution in [0.25, 0.3) is 0 Å². The molecule has 0 amide bonds. The number of halogens is 2. The lowest BCUT2D eigenvalue weighted by atomic mass is 10.1. The van der Waals surface area contributed by atoms with Crippen LogP contribution in [-0.2, 0) is 6.54 Å². The van der Waals surface area contributed by atoms with Gasteiger partial charge in [0.1, 0.15) is 5.82 Å². The summed E-state index contributed by atoms with van der Waals surface area (Å²) in [6.45, 7) is 2.98. The van der Waals surface area contributed by atoms with Crippen LogP contribution in [0.4, 0.5) is 4.39 Å². The van der Waals surface area contributed by atoms with Crippen molar-refractivity contribution in [3.8, 4) is 0 Å². The molecule has 0 saturated carbocycles. The van der Waals surface area contributed by atoms with E-state index in [4.69, 9.17) is 11.6 Å². The molecule has 1 aromatic rings. The maximum atomic E-state index is 13.4.